The molecule has 1 aliphatic heterocycles. The van der Waals surface area contributed by atoms with Crippen molar-refractivity contribution >= 4 is 28.3 Å². The largest absolute Gasteiger partial charge is 0.377 e. The fourth-order valence-corrected chi connectivity index (χ4v) is 4.07. The molecule has 7 nitrogen and oxygen atoms in total. The smallest absolute Gasteiger partial charge is 0.241 e. The first kappa shape index (κ1) is 19.6. The first-order valence-electron chi connectivity index (χ1n) is 7.24. The predicted octanol–water partition coefficient (Wildman–Crippen LogP) is -0.394. The molecule has 9 heteroatoms. The number of nitrogens with one attached hydrogen (secondary N) is 2. The molecule has 2 aliphatic rings. The van der Waals surface area contributed by atoms with E-state index in [2.05, 4.69) is 10.0 Å². The van der Waals surface area contributed by atoms with Gasteiger partial charge in [-0.25, -0.2) is 13.1 Å². The number of carbonyl (C=O) groups is 1. The minimum Gasteiger partial charge on any atom is -0.377 e. The summed E-state index contributed by atoms with van der Waals surface area (Å²) in [6, 6.07) is 0. The normalized spacial score (nSPS) is 33.1. The summed E-state index contributed by atoms with van der Waals surface area (Å²) < 4.78 is 30.0. The van der Waals surface area contributed by atoms with E-state index in [4.69, 9.17) is 10.5 Å². The van der Waals surface area contributed by atoms with Crippen LogP contribution in [0.1, 0.15) is 26.7 Å². The zero-order valence-electron chi connectivity index (χ0n) is 13.2. The zero-order valence-corrected chi connectivity index (χ0v) is 14.9. The first-order valence-corrected chi connectivity index (χ1v) is 9.13. The topological polar surface area (TPSA) is 111 Å². The third kappa shape index (κ3) is 3.26. The van der Waals surface area contributed by atoms with Crippen molar-refractivity contribution in [1.29, 1.82) is 0 Å². The number of hydrogen-bond acceptors (Lipinski definition) is 5. The summed E-state index contributed by atoms with van der Waals surface area (Å²) in [7, 11) is -3.24. The highest BCUT2D eigenvalue weighted by atomic mass is 35.5. The molecule has 0 aromatic rings. The SMILES string of the molecule is CC1(C)C2OCCCC2C1(N)C(=O)NCCNS(C)(=O)=O.Cl. The van der Waals surface area contributed by atoms with Gasteiger partial charge in [0.1, 0.15) is 5.54 Å². The third-order valence-electron chi connectivity index (χ3n) is 4.84. The molecular weight excluding hydrogens is 330 g/mol. The molecule has 0 aromatic carbocycles. The van der Waals surface area contributed by atoms with Crippen LogP contribution < -0.4 is 15.8 Å². The minimum atomic E-state index is -3.24. The van der Waals surface area contributed by atoms with Crippen molar-refractivity contribution < 1.29 is 17.9 Å². The Kier molecular flexibility index (Phi) is 5.89. The van der Waals surface area contributed by atoms with Gasteiger partial charge in [-0.1, -0.05) is 13.8 Å². The molecule has 130 valence electrons. The van der Waals surface area contributed by atoms with Crippen LogP contribution in [0.4, 0.5) is 0 Å². The summed E-state index contributed by atoms with van der Waals surface area (Å²) in [6.45, 7) is 5.01. The van der Waals surface area contributed by atoms with Gasteiger partial charge >= 0.3 is 0 Å². The Labute approximate surface area is 138 Å². The molecule has 1 aliphatic carbocycles. The Balaban J connectivity index is 0.00000242. The van der Waals surface area contributed by atoms with E-state index >= 15 is 0 Å². The minimum absolute atomic E-state index is 0. The standard InChI is InChI=1S/C13H25N3O4S.ClH/c1-12(2)10-9(5-4-8-20-10)13(12,14)11(17)15-6-7-16-21(3,18)19;/h9-10,16H,4-8,14H2,1-3H3,(H,15,17);1H. The molecule has 0 bridgehead atoms. The molecule has 2 fully saturated rings. The van der Waals surface area contributed by atoms with Crippen molar-refractivity contribution in [3.05, 3.63) is 0 Å². The molecule has 3 atom stereocenters. The van der Waals surface area contributed by atoms with Gasteiger partial charge in [0.05, 0.1) is 12.4 Å². The van der Waals surface area contributed by atoms with Gasteiger partial charge in [-0.05, 0) is 12.8 Å². The van der Waals surface area contributed by atoms with E-state index < -0.39 is 21.0 Å². The van der Waals surface area contributed by atoms with Crippen molar-refractivity contribution in [2.75, 3.05) is 26.0 Å². The van der Waals surface area contributed by atoms with Gasteiger partial charge in [-0.3, -0.25) is 4.79 Å². The predicted molar refractivity (Wildman–Crippen MR) is 86.3 cm³/mol. The van der Waals surface area contributed by atoms with Crippen LogP contribution in [-0.2, 0) is 19.6 Å². The van der Waals surface area contributed by atoms with Gasteiger partial charge in [0.25, 0.3) is 0 Å². The molecule has 22 heavy (non-hydrogen) atoms. The Hall–Kier alpha value is -0.410. The van der Waals surface area contributed by atoms with Crippen LogP contribution >= 0.6 is 12.4 Å². The molecule has 1 heterocycles. The lowest BCUT2D eigenvalue weighted by Crippen LogP contribution is -2.82. The summed E-state index contributed by atoms with van der Waals surface area (Å²) >= 11 is 0. The highest BCUT2D eigenvalue weighted by molar-refractivity contribution is 7.88. The van der Waals surface area contributed by atoms with Crippen LogP contribution in [0.25, 0.3) is 0 Å². The third-order valence-corrected chi connectivity index (χ3v) is 5.56. The summed E-state index contributed by atoms with van der Waals surface area (Å²) in [5, 5.41) is 2.74. The molecule has 0 spiro atoms. The van der Waals surface area contributed by atoms with E-state index in [-0.39, 0.29) is 43.4 Å². The average Bonchev–Trinajstić information content (AvgIpc) is 2.41. The monoisotopic (exact) mass is 355 g/mol. The number of nitrogens with two attached hydrogens (primary N) is 1. The van der Waals surface area contributed by atoms with Crippen molar-refractivity contribution in [1.82, 2.24) is 10.0 Å². The number of fused-ring (bicyclic) bond motifs is 1. The second-order valence-corrected chi connectivity index (χ2v) is 8.39. The molecule has 0 aromatic heterocycles. The molecule has 1 amide bonds. The maximum absolute atomic E-state index is 12.5. The van der Waals surface area contributed by atoms with Crippen LogP contribution in [0, 0.1) is 11.3 Å². The number of halogens is 1. The summed E-state index contributed by atoms with van der Waals surface area (Å²) in [5.74, 6) is -0.196. The Bertz CT molecular complexity index is 525. The number of ether oxygens (including phenoxy) is 1. The average molecular weight is 356 g/mol. The van der Waals surface area contributed by atoms with E-state index in [0.29, 0.717) is 0 Å². The van der Waals surface area contributed by atoms with E-state index in [1.165, 1.54) is 0 Å². The van der Waals surface area contributed by atoms with E-state index in [1.807, 2.05) is 13.8 Å². The number of amides is 1. The highest BCUT2D eigenvalue weighted by Gasteiger charge is 2.70. The van der Waals surface area contributed by atoms with Gasteiger partial charge in [0, 0.05) is 31.0 Å². The van der Waals surface area contributed by atoms with E-state index in [9.17, 15) is 13.2 Å². The number of sulfonamides is 1. The van der Waals surface area contributed by atoms with Crippen molar-refractivity contribution in [3.63, 3.8) is 0 Å². The van der Waals surface area contributed by atoms with Crippen LogP contribution in [0.3, 0.4) is 0 Å². The Morgan fingerprint density at radius 3 is 2.59 bits per heavy atom. The first-order chi connectivity index (χ1) is 9.61. The molecule has 3 unspecified atom stereocenters. The fourth-order valence-electron chi connectivity index (χ4n) is 3.60. The Morgan fingerprint density at radius 2 is 2.00 bits per heavy atom. The summed E-state index contributed by atoms with van der Waals surface area (Å²) in [6.07, 6.45) is 2.91. The molecule has 1 saturated carbocycles. The van der Waals surface area contributed by atoms with Crippen molar-refractivity contribution in [2.24, 2.45) is 17.1 Å². The quantitative estimate of drug-likeness (QED) is 0.581. The second kappa shape index (κ2) is 6.60. The molecule has 0 radical (unpaired) electrons. The number of hydrogen-bond donors (Lipinski definition) is 3. The van der Waals surface area contributed by atoms with Crippen LogP contribution in [0.5, 0.6) is 0 Å². The van der Waals surface area contributed by atoms with Gasteiger partial charge < -0.3 is 15.8 Å². The van der Waals surface area contributed by atoms with Crippen molar-refractivity contribution in [3.8, 4) is 0 Å². The molecular formula is C13H26ClN3O4S. The molecule has 4 N–H and O–H groups in total. The Morgan fingerprint density at radius 1 is 1.36 bits per heavy atom. The lowest BCUT2D eigenvalue weighted by atomic mass is 9.46. The lowest BCUT2D eigenvalue weighted by molar-refractivity contribution is -0.225. The van der Waals surface area contributed by atoms with Crippen molar-refractivity contribution in [2.45, 2.75) is 38.3 Å². The maximum atomic E-state index is 12.5. The van der Waals surface area contributed by atoms with Gasteiger partial charge in [-0.2, -0.15) is 0 Å². The number of carbonyl (C=O) groups excluding carboxylic acids is 1. The lowest BCUT2D eigenvalue weighted by Gasteiger charge is -2.65. The number of rotatable bonds is 5. The van der Waals surface area contributed by atoms with E-state index in [0.717, 1.165) is 25.7 Å². The second-order valence-electron chi connectivity index (χ2n) is 6.55. The summed E-state index contributed by atoms with van der Waals surface area (Å²) in [5.41, 5.74) is 5.04. The summed E-state index contributed by atoms with van der Waals surface area (Å²) in [4.78, 5) is 12.5. The van der Waals surface area contributed by atoms with Gasteiger partial charge in [-0.15, -0.1) is 12.4 Å². The van der Waals surface area contributed by atoms with Gasteiger partial charge in [0.2, 0.25) is 15.9 Å². The van der Waals surface area contributed by atoms with Crippen LogP contribution in [0.15, 0.2) is 0 Å². The van der Waals surface area contributed by atoms with Crippen LogP contribution in [0.2, 0.25) is 0 Å². The van der Waals surface area contributed by atoms with Crippen LogP contribution in [-0.4, -0.2) is 51.9 Å². The highest BCUT2D eigenvalue weighted by Crippen LogP contribution is 2.57. The van der Waals surface area contributed by atoms with Gasteiger partial charge in [0.15, 0.2) is 0 Å². The zero-order chi connectivity index (χ0) is 15.9. The molecule has 2 rings (SSSR count). The molecule has 1 saturated heterocycles. The fraction of sp³-hybridized carbons (Fsp3) is 0.923. The maximum Gasteiger partial charge on any atom is 0.241 e. The van der Waals surface area contributed by atoms with E-state index in [1.54, 1.807) is 0 Å².